The van der Waals surface area contributed by atoms with Crippen LogP contribution in [-0.4, -0.2) is 53.8 Å². The molecule has 2 N–H and O–H groups in total. The van der Waals surface area contributed by atoms with Crippen LogP contribution < -0.4 is 14.6 Å². The van der Waals surface area contributed by atoms with Crippen LogP contribution in [-0.2, 0) is 19.6 Å². The van der Waals surface area contributed by atoms with Crippen LogP contribution >= 0.6 is 11.6 Å². The van der Waals surface area contributed by atoms with E-state index in [1.807, 2.05) is 6.07 Å². The number of hydrogen-bond acceptors (Lipinski definition) is 9. The maximum atomic E-state index is 14.2. The van der Waals surface area contributed by atoms with E-state index in [1.165, 1.54) is 52.5 Å². The summed E-state index contributed by atoms with van der Waals surface area (Å²) >= 11 is 6.62. The van der Waals surface area contributed by atoms with Crippen molar-refractivity contribution in [1.29, 1.82) is 5.26 Å². The van der Waals surface area contributed by atoms with Gasteiger partial charge in [0.15, 0.2) is 5.78 Å². The quantitative estimate of drug-likeness (QED) is 0.232. The molecule has 15 heteroatoms. The van der Waals surface area contributed by atoms with E-state index in [2.05, 4.69) is 9.71 Å². The lowest BCUT2D eigenvalue weighted by Crippen LogP contribution is -2.56. The average molecular weight is 673 g/mol. The van der Waals surface area contributed by atoms with Gasteiger partial charge in [-0.15, -0.1) is 0 Å². The minimum atomic E-state index is -3.72. The van der Waals surface area contributed by atoms with Crippen molar-refractivity contribution in [3.8, 4) is 6.07 Å². The molecule has 2 heterocycles. The van der Waals surface area contributed by atoms with E-state index < -0.39 is 39.8 Å². The van der Waals surface area contributed by atoms with Crippen molar-refractivity contribution in [3.05, 3.63) is 83.0 Å². The van der Waals surface area contributed by atoms with E-state index in [0.29, 0.717) is 5.17 Å². The third-order valence-electron chi connectivity index (χ3n) is 7.93. The number of nitrogens with zero attached hydrogens (tertiary/aromatic N) is 5. The molecule has 1 aliphatic carbocycles. The fourth-order valence-electron chi connectivity index (χ4n) is 5.85. The number of hydroxylamine groups is 1. The van der Waals surface area contributed by atoms with Crippen molar-refractivity contribution in [1.82, 2.24) is 10.2 Å². The third-order valence-corrected chi connectivity index (χ3v) is 8.88. The Hall–Kier alpha value is -4.16. The van der Waals surface area contributed by atoms with E-state index in [1.54, 1.807) is 24.3 Å². The molecule has 1 aromatic heterocycles. The maximum absolute atomic E-state index is 14.2. The minimum Gasteiger partial charge on any atom is -0.297 e. The highest BCUT2D eigenvalue weighted by Crippen LogP contribution is 2.45. The number of alkyl halides is 2. The molecule has 1 saturated heterocycles. The number of halogens is 3. The van der Waals surface area contributed by atoms with Crippen LogP contribution in [0.15, 0.2) is 66.9 Å². The number of nitrogens with one attached hydrogen (secondary N) is 1. The molecule has 242 valence electrons. The van der Waals surface area contributed by atoms with Crippen molar-refractivity contribution < 1.29 is 32.0 Å². The average Bonchev–Trinajstić information content (AvgIpc) is 3.38. The summed E-state index contributed by atoms with van der Waals surface area (Å²) in [5.41, 5.74) is 0.801. The van der Waals surface area contributed by atoms with Gasteiger partial charge >= 0.3 is 0 Å². The summed E-state index contributed by atoms with van der Waals surface area (Å²) in [5.74, 6) is -3.86. The summed E-state index contributed by atoms with van der Waals surface area (Å²) < 4.78 is 53.7. The molecule has 11 nitrogen and oxygen atoms in total. The summed E-state index contributed by atoms with van der Waals surface area (Å²) in [5, 5.41) is 23.6. The number of carbonyl (C=O) groups excluding carboxylic acids is 2. The first-order valence-electron chi connectivity index (χ1n) is 14.4. The molecule has 46 heavy (non-hydrogen) atoms. The number of hydrogen-bond donors (Lipinski definition) is 2. The number of pyridine rings is 1. The number of anilines is 3. The molecular weight excluding hydrogens is 642 g/mol. The van der Waals surface area contributed by atoms with Gasteiger partial charge in [0, 0.05) is 42.5 Å². The van der Waals surface area contributed by atoms with Crippen LogP contribution in [0.2, 0.25) is 5.02 Å². The number of rotatable bonds is 12. The minimum absolute atomic E-state index is 0.00427. The Bertz CT molecular complexity index is 1780. The van der Waals surface area contributed by atoms with Crippen LogP contribution in [0.5, 0.6) is 0 Å². The molecule has 3 aromatic rings. The van der Waals surface area contributed by atoms with Crippen LogP contribution in [0, 0.1) is 17.2 Å². The summed E-state index contributed by atoms with van der Waals surface area (Å²) in [6.07, 6.45) is 0.723. The molecule has 0 spiro atoms. The topological polar surface area (TPSA) is 147 Å². The number of nitriles is 1. The van der Waals surface area contributed by atoms with Crippen molar-refractivity contribution in [3.63, 3.8) is 0 Å². The molecule has 2 fully saturated rings. The zero-order valence-electron chi connectivity index (χ0n) is 24.7. The predicted octanol–water partition coefficient (Wildman–Crippen LogP) is 5.68. The number of amides is 1. The van der Waals surface area contributed by atoms with E-state index in [4.69, 9.17) is 11.6 Å². The Kier molecular flexibility index (Phi) is 9.59. The number of sulfonamides is 1. The molecule has 0 unspecified atom stereocenters. The van der Waals surface area contributed by atoms with Gasteiger partial charge in [0.2, 0.25) is 21.9 Å². The van der Waals surface area contributed by atoms with Gasteiger partial charge in [-0.25, -0.2) is 22.2 Å². The SMILES string of the molecule is CS(=O)(=O)Nc1cccc(N([C@H](C(=O)CCC2CC(F)(F)C2)c2ccccc2Cl)N(O)[C@@H]2CCC(=O)N2c2cc(C#N)ccn2)c1. The van der Waals surface area contributed by atoms with Gasteiger partial charge in [-0.3, -0.25) is 29.4 Å². The Balaban J connectivity index is 1.61. The van der Waals surface area contributed by atoms with Gasteiger partial charge in [-0.2, -0.15) is 5.26 Å². The second-order valence-corrected chi connectivity index (χ2v) is 13.6. The van der Waals surface area contributed by atoms with Gasteiger partial charge in [0.25, 0.3) is 0 Å². The normalized spacial score (nSPS) is 18.6. The Morgan fingerprint density at radius 3 is 2.63 bits per heavy atom. The van der Waals surface area contributed by atoms with Gasteiger partial charge in [0.05, 0.1) is 29.3 Å². The van der Waals surface area contributed by atoms with Crippen molar-refractivity contribution in [2.24, 2.45) is 5.92 Å². The second kappa shape index (κ2) is 13.3. The zero-order valence-corrected chi connectivity index (χ0v) is 26.3. The molecule has 2 atom stereocenters. The fraction of sp³-hybridized carbons (Fsp3) is 0.355. The van der Waals surface area contributed by atoms with E-state index in [-0.39, 0.29) is 77.8 Å². The summed E-state index contributed by atoms with van der Waals surface area (Å²) in [7, 11) is -3.72. The maximum Gasteiger partial charge on any atom is 0.248 e. The van der Waals surface area contributed by atoms with Crippen LogP contribution in [0.3, 0.4) is 0 Å². The molecule has 1 saturated carbocycles. The van der Waals surface area contributed by atoms with E-state index in [9.17, 15) is 37.3 Å². The number of hydrazine groups is 1. The monoisotopic (exact) mass is 672 g/mol. The molecule has 2 aromatic carbocycles. The zero-order chi connectivity index (χ0) is 33.2. The summed E-state index contributed by atoms with van der Waals surface area (Å²) in [6.45, 7) is 0. The third kappa shape index (κ3) is 7.45. The van der Waals surface area contributed by atoms with Gasteiger partial charge in [0.1, 0.15) is 18.0 Å². The van der Waals surface area contributed by atoms with Gasteiger partial charge in [-0.1, -0.05) is 41.0 Å². The van der Waals surface area contributed by atoms with Crippen molar-refractivity contribution in [2.45, 2.75) is 56.7 Å². The molecule has 1 aliphatic heterocycles. The Labute approximate surface area is 270 Å². The molecule has 1 amide bonds. The lowest BCUT2D eigenvalue weighted by Gasteiger charge is -2.43. The molecule has 5 rings (SSSR count). The van der Waals surface area contributed by atoms with Crippen molar-refractivity contribution in [2.75, 3.05) is 20.9 Å². The first kappa shape index (κ1) is 33.2. The fourth-order valence-corrected chi connectivity index (χ4v) is 6.65. The summed E-state index contributed by atoms with van der Waals surface area (Å²) in [6, 6.07) is 15.9. The number of Topliss-reactive ketones (excluding diaryl/α,β-unsaturated/α-hetero) is 1. The highest BCUT2D eigenvalue weighted by Gasteiger charge is 2.46. The molecule has 0 bridgehead atoms. The smallest absolute Gasteiger partial charge is 0.248 e. The summed E-state index contributed by atoms with van der Waals surface area (Å²) in [4.78, 5) is 32.8. The number of aromatic nitrogens is 1. The standard InChI is InChI=1S/C31H31ClF2N6O5S/c1-46(44,45)37-22-5-4-6-23(16-22)39(40(43)28-11-12-29(42)38(28)27-15-20(19-35)13-14-36-27)30(24-7-2-3-8-25(24)32)26(41)10-9-21-17-31(33,34)18-21/h2-8,13-16,21,28,30,37,43H,9-12,17-18H2,1H3/t28-,30+/m1/s1. The van der Waals surface area contributed by atoms with E-state index >= 15 is 0 Å². The molecule has 0 radical (unpaired) electrons. The van der Waals surface area contributed by atoms with Crippen LogP contribution in [0.1, 0.15) is 55.7 Å². The van der Waals surface area contributed by atoms with E-state index in [0.717, 1.165) is 6.26 Å². The number of ketones is 1. The second-order valence-electron chi connectivity index (χ2n) is 11.4. The van der Waals surface area contributed by atoms with Crippen molar-refractivity contribution >= 4 is 50.5 Å². The molecular formula is C31H31ClF2N6O5S. The van der Waals surface area contributed by atoms with Gasteiger partial charge in [-0.05, 0) is 55.2 Å². The number of carbonyl (C=O) groups is 2. The van der Waals surface area contributed by atoms with Crippen LogP contribution in [0.4, 0.5) is 26.0 Å². The first-order chi connectivity index (χ1) is 21.8. The number of benzene rings is 2. The van der Waals surface area contributed by atoms with Crippen LogP contribution in [0.25, 0.3) is 0 Å². The Morgan fingerprint density at radius 2 is 1.96 bits per heavy atom. The highest BCUT2D eigenvalue weighted by molar-refractivity contribution is 7.92. The Morgan fingerprint density at radius 1 is 1.22 bits per heavy atom. The largest absolute Gasteiger partial charge is 0.297 e. The first-order valence-corrected chi connectivity index (χ1v) is 16.7. The molecule has 2 aliphatic rings. The highest BCUT2D eigenvalue weighted by atomic mass is 35.5. The lowest BCUT2D eigenvalue weighted by molar-refractivity contribution is -0.151. The predicted molar refractivity (Wildman–Crippen MR) is 167 cm³/mol. The van der Waals surface area contributed by atoms with Gasteiger partial charge < -0.3 is 0 Å². The lowest BCUT2D eigenvalue weighted by atomic mass is 9.77.